The van der Waals surface area contributed by atoms with Crippen molar-refractivity contribution in [3.63, 3.8) is 0 Å². The number of amides is 1. The standard InChI is InChI=1S/C20H23N3O3/c1-25-19-5-3-2-4-18(19)14-21-22-20(24)17-8-6-16(7-9-17)15-23-10-12-26-13-11-23/h2-9,14H,10-13,15H2,1H3,(H,22,24)/b21-14+. The van der Waals surface area contributed by atoms with Crippen LogP contribution >= 0.6 is 0 Å². The zero-order valence-electron chi connectivity index (χ0n) is 14.9. The Hall–Kier alpha value is -2.70. The van der Waals surface area contributed by atoms with E-state index in [4.69, 9.17) is 9.47 Å². The topological polar surface area (TPSA) is 63.2 Å². The van der Waals surface area contributed by atoms with Crippen molar-refractivity contribution in [2.45, 2.75) is 6.54 Å². The van der Waals surface area contributed by atoms with Crippen LogP contribution in [0.1, 0.15) is 21.5 Å². The summed E-state index contributed by atoms with van der Waals surface area (Å²) < 4.78 is 10.6. The quantitative estimate of drug-likeness (QED) is 0.639. The SMILES string of the molecule is COc1ccccc1/C=N/NC(=O)c1ccc(CN2CCOCC2)cc1. The third-order valence-electron chi connectivity index (χ3n) is 4.23. The summed E-state index contributed by atoms with van der Waals surface area (Å²) in [7, 11) is 1.60. The van der Waals surface area contributed by atoms with E-state index in [2.05, 4.69) is 15.4 Å². The smallest absolute Gasteiger partial charge is 0.271 e. The van der Waals surface area contributed by atoms with Gasteiger partial charge in [0.05, 0.1) is 26.5 Å². The van der Waals surface area contributed by atoms with Crippen molar-refractivity contribution in [2.24, 2.45) is 5.10 Å². The highest BCUT2D eigenvalue weighted by Gasteiger charge is 2.11. The molecular formula is C20H23N3O3. The van der Waals surface area contributed by atoms with Crippen LogP contribution in [0, 0.1) is 0 Å². The first-order valence-electron chi connectivity index (χ1n) is 8.62. The zero-order valence-corrected chi connectivity index (χ0v) is 14.9. The highest BCUT2D eigenvalue weighted by molar-refractivity contribution is 5.95. The number of hydrogen-bond donors (Lipinski definition) is 1. The molecular weight excluding hydrogens is 330 g/mol. The molecule has 0 atom stereocenters. The summed E-state index contributed by atoms with van der Waals surface area (Å²) in [5.74, 6) is 0.465. The Bertz CT molecular complexity index is 753. The fourth-order valence-corrected chi connectivity index (χ4v) is 2.78. The number of benzene rings is 2. The van der Waals surface area contributed by atoms with Crippen LogP contribution in [0.5, 0.6) is 5.75 Å². The number of hydrogen-bond acceptors (Lipinski definition) is 5. The number of nitrogens with one attached hydrogen (secondary N) is 1. The lowest BCUT2D eigenvalue weighted by Crippen LogP contribution is -2.35. The molecule has 6 nitrogen and oxygen atoms in total. The average molecular weight is 353 g/mol. The molecule has 0 saturated carbocycles. The van der Waals surface area contributed by atoms with Gasteiger partial charge >= 0.3 is 0 Å². The number of hydrazone groups is 1. The van der Waals surface area contributed by atoms with E-state index in [-0.39, 0.29) is 5.91 Å². The van der Waals surface area contributed by atoms with E-state index >= 15 is 0 Å². The molecule has 0 unspecified atom stereocenters. The number of methoxy groups -OCH3 is 1. The van der Waals surface area contributed by atoms with Crippen LogP contribution < -0.4 is 10.2 Å². The second-order valence-electron chi connectivity index (χ2n) is 6.03. The van der Waals surface area contributed by atoms with E-state index in [1.807, 2.05) is 48.5 Å². The van der Waals surface area contributed by atoms with Gasteiger partial charge in [0.25, 0.3) is 5.91 Å². The molecule has 26 heavy (non-hydrogen) atoms. The summed E-state index contributed by atoms with van der Waals surface area (Å²) in [6.07, 6.45) is 1.57. The van der Waals surface area contributed by atoms with Gasteiger partial charge in [-0.15, -0.1) is 0 Å². The molecule has 1 N–H and O–H groups in total. The molecule has 1 amide bonds. The van der Waals surface area contributed by atoms with Crippen LogP contribution in [0.15, 0.2) is 53.6 Å². The number of para-hydroxylation sites is 1. The Morgan fingerprint density at radius 2 is 1.92 bits per heavy atom. The molecule has 6 heteroatoms. The fourth-order valence-electron chi connectivity index (χ4n) is 2.78. The third kappa shape index (κ3) is 4.91. The summed E-state index contributed by atoms with van der Waals surface area (Å²) in [6, 6.07) is 15.1. The van der Waals surface area contributed by atoms with E-state index in [0.29, 0.717) is 11.3 Å². The lowest BCUT2D eigenvalue weighted by atomic mass is 10.1. The lowest BCUT2D eigenvalue weighted by molar-refractivity contribution is 0.0342. The predicted molar refractivity (Wildman–Crippen MR) is 101 cm³/mol. The van der Waals surface area contributed by atoms with Crippen molar-refractivity contribution in [2.75, 3.05) is 33.4 Å². The van der Waals surface area contributed by atoms with Gasteiger partial charge in [0, 0.05) is 30.8 Å². The van der Waals surface area contributed by atoms with Gasteiger partial charge in [-0.1, -0.05) is 24.3 Å². The first kappa shape index (κ1) is 18.1. The molecule has 3 rings (SSSR count). The van der Waals surface area contributed by atoms with Crippen LogP contribution in [0.3, 0.4) is 0 Å². The molecule has 136 valence electrons. The van der Waals surface area contributed by atoms with Gasteiger partial charge in [-0.2, -0.15) is 5.10 Å². The minimum Gasteiger partial charge on any atom is -0.496 e. The molecule has 0 spiro atoms. The Balaban J connectivity index is 1.55. The largest absolute Gasteiger partial charge is 0.496 e. The molecule has 0 aliphatic carbocycles. The van der Waals surface area contributed by atoms with Crippen molar-refractivity contribution in [3.05, 3.63) is 65.2 Å². The van der Waals surface area contributed by atoms with Crippen molar-refractivity contribution >= 4 is 12.1 Å². The molecule has 1 aliphatic heterocycles. The molecule has 0 bridgehead atoms. The Morgan fingerprint density at radius 3 is 2.65 bits per heavy atom. The summed E-state index contributed by atoms with van der Waals surface area (Å²) in [5, 5.41) is 4.02. The minimum atomic E-state index is -0.242. The molecule has 0 aromatic heterocycles. The Morgan fingerprint density at radius 1 is 1.19 bits per heavy atom. The normalized spacial score (nSPS) is 15.1. The van der Waals surface area contributed by atoms with E-state index in [9.17, 15) is 4.79 Å². The van der Waals surface area contributed by atoms with Crippen LogP contribution in [0.25, 0.3) is 0 Å². The lowest BCUT2D eigenvalue weighted by Gasteiger charge is -2.26. The number of ether oxygens (including phenoxy) is 2. The maximum Gasteiger partial charge on any atom is 0.271 e. The number of nitrogens with zero attached hydrogens (tertiary/aromatic N) is 2. The van der Waals surface area contributed by atoms with Crippen LogP contribution in [-0.4, -0.2) is 50.4 Å². The Labute approximate surface area is 153 Å². The molecule has 1 heterocycles. The number of rotatable bonds is 6. The Kier molecular flexibility index (Phi) is 6.35. The molecule has 2 aromatic carbocycles. The van der Waals surface area contributed by atoms with Gasteiger partial charge < -0.3 is 9.47 Å². The first-order chi connectivity index (χ1) is 12.8. The molecule has 1 fully saturated rings. The van der Waals surface area contributed by atoms with Crippen molar-refractivity contribution in [3.8, 4) is 5.75 Å². The van der Waals surface area contributed by atoms with E-state index in [1.54, 1.807) is 13.3 Å². The van der Waals surface area contributed by atoms with E-state index in [1.165, 1.54) is 5.56 Å². The maximum atomic E-state index is 12.2. The fraction of sp³-hybridized carbons (Fsp3) is 0.300. The summed E-state index contributed by atoms with van der Waals surface area (Å²) in [5.41, 5.74) is 5.11. The van der Waals surface area contributed by atoms with Crippen LogP contribution in [0.4, 0.5) is 0 Å². The maximum absolute atomic E-state index is 12.2. The zero-order chi connectivity index (χ0) is 18.2. The highest BCUT2D eigenvalue weighted by atomic mass is 16.5. The van der Waals surface area contributed by atoms with Gasteiger partial charge in [-0.25, -0.2) is 5.43 Å². The monoisotopic (exact) mass is 353 g/mol. The molecule has 0 radical (unpaired) electrons. The van der Waals surface area contributed by atoms with Crippen molar-refractivity contribution < 1.29 is 14.3 Å². The minimum absolute atomic E-state index is 0.242. The van der Waals surface area contributed by atoms with E-state index in [0.717, 1.165) is 38.4 Å². The van der Waals surface area contributed by atoms with Gasteiger partial charge in [0.2, 0.25) is 0 Å². The number of morpholine rings is 1. The average Bonchev–Trinajstić information content (AvgIpc) is 2.69. The van der Waals surface area contributed by atoms with Gasteiger partial charge in [0.1, 0.15) is 5.75 Å². The van der Waals surface area contributed by atoms with Crippen LogP contribution in [0.2, 0.25) is 0 Å². The van der Waals surface area contributed by atoms with Crippen molar-refractivity contribution in [1.82, 2.24) is 10.3 Å². The van der Waals surface area contributed by atoms with Gasteiger partial charge in [0.15, 0.2) is 0 Å². The molecule has 1 saturated heterocycles. The second-order valence-corrected chi connectivity index (χ2v) is 6.03. The molecule has 1 aliphatic rings. The first-order valence-corrected chi connectivity index (χ1v) is 8.62. The van der Waals surface area contributed by atoms with E-state index < -0.39 is 0 Å². The number of carbonyl (C=O) groups excluding carboxylic acids is 1. The molecule has 2 aromatic rings. The van der Waals surface area contributed by atoms with Crippen LogP contribution in [-0.2, 0) is 11.3 Å². The summed E-state index contributed by atoms with van der Waals surface area (Å²) in [4.78, 5) is 14.6. The summed E-state index contributed by atoms with van der Waals surface area (Å²) in [6.45, 7) is 4.33. The van der Waals surface area contributed by atoms with Gasteiger partial charge in [-0.3, -0.25) is 9.69 Å². The van der Waals surface area contributed by atoms with Crippen molar-refractivity contribution in [1.29, 1.82) is 0 Å². The third-order valence-corrected chi connectivity index (χ3v) is 4.23. The summed E-state index contributed by atoms with van der Waals surface area (Å²) >= 11 is 0. The highest BCUT2D eigenvalue weighted by Crippen LogP contribution is 2.14. The van der Waals surface area contributed by atoms with Gasteiger partial charge in [-0.05, 0) is 29.8 Å². The second kappa shape index (κ2) is 9.12. The number of carbonyl (C=O) groups is 1. The predicted octanol–water partition coefficient (Wildman–Crippen LogP) is 2.29.